The van der Waals surface area contributed by atoms with Gasteiger partial charge < -0.3 is 14.4 Å². The molecule has 0 radical (unpaired) electrons. The van der Waals surface area contributed by atoms with E-state index in [2.05, 4.69) is 16.0 Å². The number of morpholine rings is 1. The number of nitrogens with zero attached hydrogens (tertiary/aromatic N) is 3. The van der Waals surface area contributed by atoms with Crippen molar-refractivity contribution < 1.29 is 14.3 Å². The van der Waals surface area contributed by atoms with Gasteiger partial charge in [0.1, 0.15) is 12.7 Å². The summed E-state index contributed by atoms with van der Waals surface area (Å²) in [4.78, 5) is 21.0. The van der Waals surface area contributed by atoms with Crippen LogP contribution in [0.3, 0.4) is 0 Å². The molecule has 0 N–H and O–H groups in total. The summed E-state index contributed by atoms with van der Waals surface area (Å²) in [7, 11) is 0. The monoisotopic (exact) mass is 353 g/mol. The quantitative estimate of drug-likeness (QED) is 0.820. The van der Waals surface area contributed by atoms with E-state index in [9.17, 15) is 4.79 Å². The first kappa shape index (κ1) is 17.0. The molecule has 6 nitrogen and oxygen atoms in total. The molecule has 2 aliphatic rings. The Morgan fingerprint density at radius 1 is 1.19 bits per heavy atom. The fourth-order valence-electron chi connectivity index (χ4n) is 3.51. The van der Waals surface area contributed by atoms with Crippen LogP contribution in [0, 0.1) is 0 Å². The second-order valence-electron chi connectivity index (χ2n) is 6.63. The molecule has 26 heavy (non-hydrogen) atoms. The Labute approximate surface area is 153 Å². The summed E-state index contributed by atoms with van der Waals surface area (Å²) in [5.74, 6) is 0.749. The summed E-state index contributed by atoms with van der Waals surface area (Å²) in [6, 6.07) is 13.7. The summed E-state index contributed by atoms with van der Waals surface area (Å²) in [5, 5.41) is 0. The Bertz CT molecular complexity index is 753. The molecule has 1 unspecified atom stereocenters. The number of pyridine rings is 1. The number of anilines is 1. The average molecular weight is 353 g/mol. The van der Waals surface area contributed by atoms with Crippen molar-refractivity contribution in [3.8, 4) is 5.88 Å². The van der Waals surface area contributed by atoms with E-state index in [0.29, 0.717) is 32.2 Å². The van der Waals surface area contributed by atoms with Gasteiger partial charge in [-0.2, -0.15) is 0 Å². The predicted octanol–water partition coefficient (Wildman–Crippen LogP) is 1.75. The molecule has 136 valence electrons. The van der Waals surface area contributed by atoms with E-state index in [4.69, 9.17) is 9.47 Å². The molecule has 1 atom stereocenters. The van der Waals surface area contributed by atoms with Crippen molar-refractivity contribution in [3.63, 3.8) is 0 Å². The number of hydrogen-bond acceptors (Lipinski definition) is 5. The topological polar surface area (TPSA) is 54.9 Å². The first-order valence-electron chi connectivity index (χ1n) is 9.05. The minimum atomic E-state index is -0.0515. The van der Waals surface area contributed by atoms with Gasteiger partial charge in [-0.1, -0.05) is 24.3 Å². The van der Waals surface area contributed by atoms with Crippen LogP contribution >= 0.6 is 0 Å². The third-order valence-corrected chi connectivity index (χ3v) is 4.82. The lowest BCUT2D eigenvalue weighted by Crippen LogP contribution is -2.49. The zero-order valence-corrected chi connectivity index (χ0v) is 14.7. The van der Waals surface area contributed by atoms with Crippen molar-refractivity contribution in [2.24, 2.45) is 0 Å². The summed E-state index contributed by atoms with van der Waals surface area (Å²) in [5.41, 5.74) is 2.31. The Morgan fingerprint density at radius 3 is 2.96 bits per heavy atom. The second-order valence-corrected chi connectivity index (χ2v) is 6.63. The predicted molar refractivity (Wildman–Crippen MR) is 98.4 cm³/mol. The molecule has 1 saturated heterocycles. The van der Waals surface area contributed by atoms with E-state index in [1.807, 2.05) is 41.3 Å². The molecule has 6 heteroatoms. The summed E-state index contributed by atoms with van der Waals surface area (Å²) in [6.45, 7) is 3.69. The number of fused-ring (bicyclic) bond motifs is 1. The van der Waals surface area contributed by atoms with Crippen LogP contribution in [-0.4, -0.2) is 61.3 Å². The second kappa shape index (κ2) is 7.85. The number of benzene rings is 1. The molecular weight excluding hydrogens is 330 g/mol. The number of aromatic nitrogens is 1. The van der Waals surface area contributed by atoms with Gasteiger partial charge in [0.25, 0.3) is 0 Å². The number of carbonyl (C=O) groups excluding carboxylic acids is 1. The van der Waals surface area contributed by atoms with Crippen molar-refractivity contribution in [2.75, 3.05) is 44.3 Å². The van der Waals surface area contributed by atoms with Crippen molar-refractivity contribution in [1.82, 2.24) is 9.88 Å². The van der Waals surface area contributed by atoms with Gasteiger partial charge in [-0.05, 0) is 24.1 Å². The zero-order valence-electron chi connectivity index (χ0n) is 14.7. The maximum absolute atomic E-state index is 12.8. The highest BCUT2D eigenvalue weighted by Crippen LogP contribution is 2.27. The van der Waals surface area contributed by atoms with E-state index < -0.39 is 0 Å². The molecule has 2 aliphatic heterocycles. The SMILES string of the molecule is O=C(CN1CCOC(COc2ccccn2)C1)N1CCc2ccccc21. The van der Waals surface area contributed by atoms with Crippen LogP contribution in [0.2, 0.25) is 0 Å². The lowest BCUT2D eigenvalue weighted by atomic mass is 10.2. The molecule has 0 bridgehead atoms. The molecule has 2 aromatic rings. The highest BCUT2D eigenvalue weighted by atomic mass is 16.5. The fourth-order valence-corrected chi connectivity index (χ4v) is 3.51. The standard InChI is InChI=1S/C20H23N3O3/c24-20(23-10-8-16-5-1-2-6-18(16)23)14-22-11-12-25-17(13-22)15-26-19-7-3-4-9-21-19/h1-7,9,17H,8,10-15H2. The third kappa shape index (κ3) is 3.86. The number of rotatable bonds is 5. The maximum atomic E-state index is 12.8. The van der Waals surface area contributed by atoms with Gasteiger partial charge in [-0.25, -0.2) is 4.98 Å². The highest BCUT2D eigenvalue weighted by molar-refractivity contribution is 5.96. The van der Waals surface area contributed by atoms with Crippen molar-refractivity contribution in [1.29, 1.82) is 0 Å². The fraction of sp³-hybridized carbons (Fsp3) is 0.400. The Morgan fingerprint density at radius 2 is 2.08 bits per heavy atom. The normalized spacial score (nSPS) is 20.0. The van der Waals surface area contributed by atoms with Gasteiger partial charge in [0.05, 0.1) is 13.2 Å². The van der Waals surface area contributed by atoms with E-state index in [1.165, 1.54) is 5.56 Å². The minimum Gasteiger partial charge on any atom is -0.475 e. The van der Waals surface area contributed by atoms with E-state index in [1.54, 1.807) is 6.20 Å². The molecule has 1 amide bonds. The largest absolute Gasteiger partial charge is 0.475 e. The number of ether oxygens (including phenoxy) is 2. The van der Waals surface area contributed by atoms with Crippen molar-refractivity contribution >= 4 is 11.6 Å². The van der Waals surface area contributed by atoms with Crippen molar-refractivity contribution in [2.45, 2.75) is 12.5 Å². The van der Waals surface area contributed by atoms with Gasteiger partial charge in [0.2, 0.25) is 11.8 Å². The lowest BCUT2D eigenvalue weighted by Gasteiger charge is -2.33. The van der Waals surface area contributed by atoms with Gasteiger partial charge in [-0.15, -0.1) is 0 Å². The van der Waals surface area contributed by atoms with Crippen molar-refractivity contribution in [3.05, 3.63) is 54.2 Å². The van der Waals surface area contributed by atoms with E-state index in [-0.39, 0.29) is 12.0 Å². The highest BCUT2D eigenvalue weighted by Gasteiger charge is 2.28. The zero-order chi connectivity index (χ0) is 17.8. The molecule has 1 aromatic carbocycles. The molecule has 0 spiro atoms. The number of carbonyl (C=O) groups is 1. The van der Waals surface area contributed by atoms with Crippen LogP contribution < -0.4 is 9.64 Å². The van der Waals surface area contributed by atoms with E-state index in [0.717, 1.165) is 25.2 Å². The Balaban J connectivity index is 1.30. The number of para-hydroxylation sites is 1. The van der Waals surface area contributed by atoms with Crippen LogP contribution in [0.1, 0.15) is 5.56 Å². The van der Waals surface area contributed by atoms with Gasteiger partial charge in [0, 0.05) is 37.6 Å². The molecular formula is C20H23N3O3. The van der Waals surface area contributed by atoms with Crippen LogP contribution in [0.5, 0.6) is 5.88 Å². The third-order valence-electron chi connectivity index (χ3n) is 4.82. The van der Waals surface area contributed by atoms with Crippen LogP contribution in [0.25, 0.3) is 0 Å². The van der Waals surface area contributed by atoms with Crippen LogP contribution in [0.4, 0.5) is 5.69 Å². The average Bonchev–Trinajstić information content (AvgIpc) is 3.12. The lowest BCUT2D eigenvalue weighted by molar-refractivity contribution is -0.122. The molecule has 0 saturated carbocycles. The summed E-state index contributed by atoms with van der Waals surface area (Å²) in [6.07, 6.45) is 2.59. The summed E-state index contributed by atoms with van der Waals surface area (Å²) >= 11 is 0. The van der Waals surface area contributed by atoms with Gasteiger partial charge >= 0.3 is 0 Å². The number of amides is 1. The molecule has 1 aromatic heterocycles. The van der Waals surface area contributed by atoms with E-state index >= 15 is 0 Å². The van der Waals surface area contributed by atoms with Gasteiger partial charge in [0.15, 0.2) is 0 Å². The van der Waals surface area contributed by atoms with Crippen LogP contribution in [-0.2, 0) is 16.0 Å². The summed E-state index contributed by atoms with van der Waals surface area (Å²) < 4.78 is 11.5. The number of hydrogen-bond donors (Lipinski definition) is 0. The minimum absolute atomic E-state index is 0.0515. The maximum Gasteiger partial charge on any atom is 0.241 e. The molecule has 0 aliphatic carbocycles. The first-order chi connectivity index (χ1) is 12.8. The van der Waals surface area contributed by atoms with Gasteiger partial charge in [-0.3, -0.25) is 9.69 Å². The van der Waals surface area contributed by atoms with Crippen LogP contribution in [0.15, 0.2) is 48.7 Å². The first-order valence-corrected chi connectivity index (χ1v) is 9.05. The Hall–Kier alpha value is -2.44. The smallest absolute Gasteiger partial charge is 0.241 e. The molecule has 1 fully saturated rings. The Kier molecular flexibility index (Phi) is 5.13. The molecule has 4 rings (SSSR count). The molecule has 3 heterocycles.